The predicted molar refractivity (Wildman–Crippen MR) is 74.0 cm³/mol. The number of rotatable bonds is 4. The lowest BCUT2D eigenvalue weighted by atomic mass is 9.84. The summed E-state index contributed by atoms with van der Waals surface area (Å²) in [6, 6.07) is 6.90. The van der Waals surface area contributed by atoms with Crippen LogP contribution in [0.1, 0.15) is 50.2 Å². The van der Waals surface area contributed by atoms with Crippen molar-refractivity contribution in [3.8, 4) is 6.07 Å². The molecular formula is C16H21FN2. The predicted octanol–water partition coefficient (Wildman–Crippen LogP) is 3.76. The monoisotopic (exact) mass is 260 g/mol. The van der Waals surface area contributed by atoms with Crippen LogP contribution in [0.5, 0.6) is 0 Å². The first-order valence-electron chi connectivity index (χ1n) is 7.12. The van der Waals surface area contributed by atoms with Crippen molar-refractivity contribution in [2.75, 3.05) is 0 Å². The van der Waals surface area contributed by atoms with E-state index >= 15 is 0 Å². The van der Waals surface area contributed by atoms with Crippen molar-refractivity contribution in [3.63, 3.8) is 0 Å². The van der Waals surface area contributed by atoms with Gasteiger partial charge >= 0.3 is 0 Å². The Morgan fingerprint density at radius 3 is 2.79 bits per heavy atom. The Balaban J connectivity index is 1.94. The summed E-state index contributed by atoms with van der Waals surface area (Å²) in [5.74, 6) is 0.439. The average Bonchev–Trinajstić information content (AvgIpc) is 2.46. The number of nitrogens with zero attached hydrogens (tertiary/aromatic N) is 1. The minimum atomic E-state index is -0.277. The fourth-order valence-corrected chi connectivity index (χ4v) is 2.89. The molecule has 0 aromatic heterocycles. The van der Waals surface area contributed by atoms with E-state index in [9.17, 15) is 4.39 Å². The lowest BCUT2D eigenvalue weighted by Crippen LogP contribution is -2.34. The fraction of sp³-hybridized carbons (Fsp3) is 0.562. The molecule has 0 spiro atoms. The quantitative estimate of drug-likeness (QED) is 0.894. The third-order valence-corrected chi connectivity index (χ3v) is 4.16. The maximum Gasteiger partial charge on any atom is 0.123 e. The van der Waals surface area contributed by atoms with Crippen LogP contribution in [0, 0.1) is 23.1 Å². The van der Waals surface area contributed by atoms with Crippen molar-refractivity contribution in [3.05, 3.63) is 35.1 Å². The van der Waals surface area contributed by atoms with E-state index in [4.69, 9.17) is 5.26 Å². The van der Waals surface area contributed by atoms with Crippen LogP contribution in [0.4, 0.5) is 4.39 Å². The summed E-state index contributed by atoms with van der Waals surface area (Å²) in [6.07, 6.45) is 6.55. The van der Waals surface area contributed by atoms with Crippen LogP contribution in [0.3, 0.4) is 0 Å². The molecule has 0 heterocycles. The zero-order valence-corrected chi connectivity index (χ0v) is 11.5. The molecule has 1 N–H and O–H groups in total. The highest BCUT2D eigenvalue weighted by atomic mass is 19.1. The molecule has 3 heteroatoms. The maximum absolute atomic E-state index is 13.2. The van der Waals surface area contributed by atoms with Crippen LogP contribution in [0.2, 0.25) is 0 Å². The van der Waals surface area contributed by atoms with E-state index < -0.39 is 0 Å². The first-order chi connectivity index (χ1) is 9.20. The molecule has 1 atom stereocenters. The van der Waals surface area contributed by atoms with Crippen molar-refractivity contribution in [2.24, 2.45) is 5.92 Å². The Morgan fingerprint density at radius 1 is 1.37 bits per heavy atom. The van der Waals surface area contributed by atoms with Crippen LogP contribution in [-0.4, -0.2) is 6.04 Å². The van der Waals surface area contributed by atoms with Crippen LogP contribution in [0.25, 0.3) is 0 Å². The van der Waals surface area contributed by atoms with Crippen molar-refractivity contribution < 1.29 is 4.39 Å². The second kappa shape index (κ2) is 6.68. The van der Waals surface area contributed by atoms with Crippen molar-refractivity contribution >= 4 is 0 Å². The van der Waals surface area contributed by atoms with Gasteiger partial charge in [-0.3, -0.25) is 0 Å². The Labute approximate surface area is 114 Å². The molecule has 19 heavy (non-hydrogen) atoms. The molecular weight excluding hydrogens is 239 g/mol. The molecule has 2 nitrogen and oxygen atoms in total. The summed E-state index contributed by atoms with van der Waals surface area (Å²) in [6.45, 7) is 2.76. The van der Waals surface area contributed by atoms with Gasteiger partial charge in [0.1, 0.15) is 5.82 Å². The van der Waals surface area contributed by atoms with Gasteiger partial charge in [-0.15, -0.1) is 0 Å². The molecule has 1 aromatic carbocycles. The van der Waals surface area contributed by atoms with Crippen molar-refractivity contribution in [1.29, 1.82) is 5.26 Å². The van der Waals surface area contributed by atoms with Crippen LogP contribution in [-0.2, 0) is 6.54 Å². The van der Waals surface area contributed by atoms with E-state index in [1.54, 1.807) is 6.07 Å². The summed E-state index contributed by atoms with van der Waals surface area (Å²) < 4.78 is 13.2. The normalized spacial score (nSPS) is 17.9. The standard InChI is InChI=1S/C16H21FN2/c1-12(13-5-3-2-4-6-13)19-11-15-9-16(17)8-7-14(15)10-18/h7-9,12-13,19H,2-6,11H2,1H3/t12-/m1/s1. The van der Waals surface area contributed by atoms with Gasteiger partial charge in [-0.2, -0.15) is 5.26 Å². The van der Waals surface area contributed by atoms with Gasteiger partial charge < -0.3 is 5.32 Å². The molecule has 0 saturated heterocycles. The van der Waals surface area contributed by atoms with E-state index in [2.05, 4.69) is 18.3 Å². The first-order valence-corrected chi connectivity index (χ1v) is 7.12. The highest BCUT2D eigenvalue weighted by Gasteiger charge is 2.19. The van der Waals surface area contributed by atoms with Crippen LogP contribution in [0.15, 0.2) is 18.2 Å². The van der Waals surface area contributed by atoms with Gasteiger partial charge in [-0.1, -0.05) is 19.3 Å². The molecule has 0 amide bonds. The SMILES string of the molecule is C[C@@H](NCc1cc(F)ccc1C#N)C1CCCCC1. The van der Waals surface area contributed by atoms with Gasteiger partial charge in [-0.05, 0) is 49.4 Å². The second-order valence-corrected chi connectivity index (χ2v) is 5.48. The molecule has 1 aliphatic rings. The summed E-state index contributed by atoms with van der Waals surface area (Å²) in [4.78, 5) is 0. The minimum absolute atomic E-state index is 0.277. The minimum Gasteiger partial charge on any atom is -0.310 e. The summed E-state index contributed by atoms with van der Waals surface area (Å²) in [5, 5.41) is 12.5. The van der Waals surface area contributed by atoms with Gasteiger partial charge in [0.2, 0.25) is 0 Å². The fourth-order valence-electron chi connectivity index (χ4n) is 2.89. The van der Waals surface area contributed by atoms with E-state index in [0.29, 0.717) is 24.1 Å². The van der Waals surface area contributed by atoms with E-state index in [0.717, 1.165) is 5.56 Å². The number of hydrogen-bond donors (Lipinski definition) is 1. The van der Waals surface area contributed by atoms with E-state index in [-0.39, 0.29) is 5.82 Å². The third kappa shape index (κ3) is 3.78. The van der Waals surface area contributed by atoms with Crippen LogP contribution < -0.4 is 5.32 Å². The number of nitriles is 1. The smallest absolute Gasteiger partial charge is 0.123 e. The average molecular weight is 260 g/mol. The van der Waals surface area contributed by atoms with Gasteiger partial charge in [0.25, 0.3) is 0 Å². The second-order valence-electron chi connectivity index (χ2n) is 5.48. The van der Waals surface area contributed by atoms with Gasteiger partial charge in [0.05, 0.1) is 11.6 Å². The van der Waals surface area contributed by atoms with Crippen molar-refractivity contribution in [1.82, 2.24) is 5.32 Å². The number of nitrogens with one attached hydrogen (secondary N) is 1. The molecule has 1 aliphatic carbocycles. The van der Waals surface area contributed by atoms with E-state index in [1.807, 2.05) is 0 Å². The molecule has 2 rings (SSSR count). The molecule has 1 aromatic rings. The number of halogens is 1. The van der Waals surface area contributed by atoms with E-state index in [1.165, 1.54) is 44.2 Å². The number of hydrogen-bond acceptors (Lipinski definition) is 2. The lowest BCUT2D eigenvalue weighted by molar-refractivity contribution is 0.280. The highest BCUT2D eigenvalue weighted by molar-refractivity contribution is 5.37. The molecule has 102 valence electrons. The Morgan fingerprint density at radius 2 is 2.11 bits per heavy atom. The Bertz CT molecular complexity index is 458. The van der Waals surface area contributed by atoms with Gasteiger partial charge in [-0.25, -0.2) is 4.39 Å². The van der Waals surface area contributed by atoms with Gasteiger partial charge in [0.15, 0.2) is 0 Å². The zero-order chi connectivity index (χ0) is 13.7. The lowest BCUT2D eigenvalue weighted by Gasteiger charge is -2.28. The summed E-state index contributed by atoms with van der Waals surface area (Å²) >= 11 is 0. The molecule has 0 radical (unpaired) electrons. The molecule has 1 saturated carbocycles. The highest BCUT2D eigenvalue weighted by Crippen LogP contribution is 2.26. The Kier molecular flexibility index (Phi) is 4.93. The summed E-state index contributed by atoms with van der Waals surface area (Å²) in [5.41, 5.74) is 1.31. The molecule has 1 fully saturated rings. The third-order valence-electron chi connectivity index (χ3n) is 4.16. The molecule has 0 unspecified atom stereocenters. The number of benzene rings is 1. The van der Waals surface area contributed by atoms with Crippen LogP contribution >= 0.6 is 0 Å². The van der Waals surface area contributed by atoms with Crippen molar-refractivity contribution in [2.45, 2.75) is 51.6 Å². The summed E-state index contributed by atoms with van der Waals surface area (Å²) in [7, 11) is 0. The maximum atomic E-state index is 13.2. The molecule has 0 aliphatic heterocycles. The largest absolute Gasteiger partial charge is 0.310 e. The zero-order valence-electron chi connectivity index (χ0n) is 11.5. The molecule has 0 bridgehead atoms. The first kappa shape index (κ1) is 14.0. The van der Waals surface area contributed by atoms with Gasteiger partial charge in [0, 0.05) is 12.6 Å². The topological polar surface area (TPSA) is 35.8 Å². The Hall–Kier alpha value is -1.40.